The quantitative estimate of drug-likeness (QED) is 0.432. The number of hydrogen-bond donors (Lipinski definition) is 2. The van der Waals surface area contributed by atoms with E-state index in [-0.39, 0.29) is 18.6 Å². The molecule has 0 spiro atoms. The maximum absolute atomic E-state index is 12.9. The summed E-state index contributed by atoms with van der Waals surface area (Å²) in [5, 5.41) is 11.2. The predicted molar refractivity (Wildman–Crippen MR) is 114 cm³/mol. The minimum absolute atomic E-state index is 0.0117. The Morgan fingerprint density at radius 1 is 1.12 bits per heavy atom. The summed E-state index contributed by atoms with van der Waals surface area (Å²) in [6.07, 6.45) is -0.366. The summed E-state index contributed by atoms with van der Waals surface area (Å²) in [6.45, 7) is 2.88. The molecule has 176 valence electrons. The minimum atomic E-state index is -3.79. The molecule has 1 aromatic carbocycles. The number of carbonyl (C=O) groups is 4. The molecule has 2 amide bonds. The maximum atomic E-state index is 12.9. The highest BCUT2D eigenvalue weighted by molar-refractivity contribution is 7.90. The smallest absolute Gasteiger partial charge is 0.374 e. The summed E-state index contributed by atoms with van der Waals surface area (Å²) < 4.78 is 30.8. The van der Waals surface area contributed by atoms with E-state index in [2.05, 4.69) is 5.32 Å². The van der Waals surface area contributed by atoms with Gasteiger partial charge in [0.15, 0.2) is 9.84 Å². The van der Waals surface area contributed by atoms with E-state index in [0.29, 0.717) is 31.9 Å². The third kappa shape index (κ3) is 7.72. The molecule has 0 aromatic heterocycles. The van der Waals surface area contributed by atoms with Crippen LogP contribution < -0.4 is 5.32 Å². The Hall–Kier alpha value is -2.79. The topological polar surface area (TPSA) is 147 Å². The number of carboxylic acids is 1. The zero-order chi connectivity index (χ0) is 23.7. The van der Waals surface area contributed by atoms with E-state index in [1.54, 1.807) is 30.3 Å². The van der Waals surface area contributed by atoms with Crippen LogP contribution in [0.3, 0.4) is 0 Å². The van der Waals surface area contributed by atoms with E-state index >= 15 is 0 Å². The molecular formula is C21H28N2O8S. The highest BCUT2D eigenvalue weighted by atomic mass is 32.2. The molecule has 11 heteroatoms. The molecule has 2 unspecified atom stereocenters. The van der Waals surface area contributed by atoms with Gasteiger partial charge in [0.05, 0.1) is 36.7 Å². The van der Waals surface area contributed by atoms with E-state index in [1.165, 1.54) is 11.8 Å². The van der Waals surface area contributed by atoms with E-state index in [1.807, 2.05) is 0 Å². The zero-order valence-corrected chi connectivity index (χ0v) is 18.7. The average molecular weight is 469 g/mol. The van der Waals surface area contributed by atoms with Crippen LogP contribution in [-0.4, -0.2) is 80.1 Å². The van der Waals surface area contributed by atoms with Crippen LogP contribution in [0, 0.1) is 5.92 Å². The molecule has 1 saturated heterocycles. The summed E-state index contributed by atoms with van der Waals surface area (Å²) in [5.41, 5.74) is 0.540. The van der Waals surface area contributed by atoms with Crippen LogP contribution in [0.4, 0.5) is 0 Å². The van der Waals surface area contributed by atoms with Crippen molar-refractivity contribution in [2.45, 2.75) is 31.6 Å². The highest BCUT2D eigenvalue weighted by Crippen LogP contribution is 2.16. The second-order valence-electron chi connectivity index (χ2n) is 7.57. The Bertz CT molecular complexity index is 926. The van der Waals surface area contributed by atoms with Gasteiger partial charge in [0.25, 0.3) is 5.78 Å². The van der Waals surface area contributed by atoms with Crippen LogP contribution >= 0.6 is 0 Å². The number of nitrogens with zero attached hydrogens (tertiary/aromatic N) is 1. The Kier molecular flexibility index (Phi) is 9.33. The Morgan fingerprint density at radius 2 is 1.75 bits per heavy atom. The highest BCUT2D eigenvalue weighted by Gasteiger charge is 2.33. The van der Waals surface area contributed by atoms with Gasteiger partial charge in [-0.1, -0.05) is 37.3 Å². The maximum Gasteiger partial charge on any atom is 0.374 e. The minimum Gasteiger partial charge on any atom is -0.475 e. The number of hydrogen-bond acceptors (Lipinski definition) is 7. The lowest BCUT2D eigenvalue weighted by molar-refractivity contribution is -0.150. The number of rotatable bonds is 11. The van der Waals surface area contributed by atoms with E-state index in [4.69, 9.17) is 9.84 Å². The van der Waals surface area contributed by atoms with Crippen molar-refractivity contribution < 1.29 is 37.4 Å². The van der Waals surface area contributed by atoms with E-state index < -0.39 is 51.1 Å². The van der Waals surface area contributed by atoms with Gasteiger partial charge < -0.3 is 20.1 Å². The number of amides is 2. The fourth-order valence-corrected chi connectivity index (χ4v) is 5.07. The van der Waals surface area contributed by atoms with Crippen LogP contribution in [0.2, 0.25) is 0 Å². The Labute approximate surface area is 186 Å². The van der Waals surface area contributed by atoms with Crippen molar-refractivity contribution in [3.63, 3.8) is 0 Å². The molecule has 1 heterocycles. The summed E-state index contributed by atoms with van der Waals surface area (Å²) in [4.78, 5) is 49.9. The van der Waals surface area contributed by atoms with Crippen LogP contribution in [0.15, 0.2) is 30.3 Å². The van der Waals surface area contributed by atoms with Gasteiger partial charge in [-0.05, 0) is 12.0 Å². The number of aliphatic carboxylic acids is 1. The second kappa shape index (κ2) is 11.7. The van der Waals surface area contributed by atoms with Gasteiger partial charge in [-0.15, -0.1) is 0 Å². The molecule has 1 fully saturated rings. The van der Waals surface area contributed by atoms with E-state index in [9.17, 15) is 27.6 Å². The number of nitrogens with one attached hydrogen (secondary N) is 1. The molecule has 1 aliphatic heterocycles. The number of Topliss-reactive ketones (excluding diaryl/α,β-unsaturated/α-hetero) is 1. The van der Waals surface area contributed by atoms with Crippen molar-refractivity contribution in [3.8, 4) is 0 Å². The summed E-state index contributed by atoms with van der Waals surface area (Å²) in [7, 11) is -3.79. The van der Waals surface area contributed by atoms with Gasteiger partial charge >= 0.3 is 5.97 Å². The first kappa shape index (κ1) is 25.5. The summed E-state index contributed by atoms with van der Waals surface area (Å²) in [6, 6.07) is 7.12. The first-order chi connectivity index (χ1) is 15.1. The van der Waals surface area contributed by atoms with Crippen molar-refractivity contribution in [2.24, 2.45) is 5.92 Å². The Morgan fingerprint density at radius 3 is 2.31 bits per heavy atom. The fraction of sp³-hybridized carbons (Fsp3) is 0.524. The number of sulfone groups is 1. The van der Waals surface area contributed by atoms with Gasteiger partial charge in [-0.2, -0.15) is 0 Å². The average Bonchev–Trinajstić information content (AvgIpc) is 2.77. The van der Waals surface area contributed by atoms with Crippen molar-refractivity contribution in [1.29, 1.82) is 0 Å². The molecule has 0 radical (unpaired) electrons. The number of carbonyl (C=O) groups excluding carboxylic acids is 3. The first-order valence-corrected chi connectivity index (χ1v) is 12.1. The number of carboxylic acid groups (broad SMARTS) is 1. The SMILES string of the molecule is CCC(NC(=O)C(CC(=O)N1CCOCC1)CS(=O)(=O)Cc1ccccc1)C(=O)C(=O)O. The van der Waals surface area contributed by atoms with Gasteiger partial charge in [0, 0.05) is 19.5 Å². The third-order valence-corrected chi connectivity index (χ3v) is 6.78. The van der Waals surface area contributed by atoms with Gasteiger partial charge in [-0.25, -0.2) is 13.2 Å². The molecule has 0 saturated carbocycles. The van der Waals surface area contributed by atoms with Gasteiger partial charge in [0.1, 0.15) is 0 Å². The standard InChI is InChI=1S/C21H28N2O8S/c1-2-17(19(25)21(27)28)22-20(26)16(12-18(24)23-8-10-31-11-9-23)14-32(29,30)13-15-6-4-3-5-7-15/h3-7,16-17H,2,8-14H2,1H3,(H,22,26)(H,27,28). The second-order valence-corrected chi connectivity index (χ2v) is 9.68. The molecular weight excluding hydrogens is 440 g/mol. The normalized spacial score (nSPS) is 16.1. The van der Waals surface area contributed by atoms with Crippen LogP contribution in [0.25, 0.3) is 0 Å². The molecule has 2 rings (SSSR count). The lowest BCUT2D eigenvalue weighted by Crippen LogP contribution is -2.48. The number of benzene rings is 1. The largest absolute Gasteiger partial charge is 0.475 e. The van der Waals surface area contributed by atoms with Crippen molar-refractivity contribution in [1.82, 2.24) is 10.2 Å². The molecule has 2 N–H and O–H groups in total. The lowest BCUT2D eigenvalue weighted by Gasteiger charge is -2.28. The predicted octanol–water partition coefficient (Wildman–Crippen LogP) is 0.0150. The third-order valence-electron chi connectivity index (χ3n) is 5.09. The van der Waals surface area contributed by atoms with Crippen molar-refractivity contribution in [2.75, 3.05) is 32.1 Å². The molecule has 2 atom stereocenters. The lowest BCUT2D eigenvalue weighted by atomic mass is 10.0. The number of ether oxygens (including phenoxy) is 1. The number of ketones is 1. The van der Waals surface area contributed by atoms with Gasteiger partial charge in [-0.3, -0.25) is 14.4 Å². The van der Waals surface area contributed by atoms with Crippen LogP contribution in [0.1, 0.15) is 25.3 Å². The summed E-state index contributed by atoms with van der Waals surface area (Å²) >= 11 is 0. The first-order valence-electron chi connectivity index (χ1n) is 10.3. The van der Waals surface area contributed by atoms with Crippen molar-refractivity contribution in [3.05, 3.63) is 35.9 Å². The van der Waals surface area contributed by atoms with E-state index in [0.717, 1.165) is 0 Å². The number of morpholine rings is 1. The monoisotopic (exact) mass is 468 g/mol. The van der Waals surface area contributed by atoms with Crippen LogP contribution in [0.5, 0.6) is 0 Å². The van der Waals surface area contributed by atoms with Crippen LogP contribution in [-0.2, 0) is 39.5 Å². The molecule has 0 aliphatic carbocycles. The van der Waals surface area contributed by atoms with Gasteiger partial charge in [0.2, 0.25) is 11.8 Å². The fourth-order valence-electron chi connectivity index (χ4n) is 3.37. The molecule has 1 aromatic rings. The molecule has 10 nitrogen and oxygen atoms in total. The zero-order valence-electron chi connectivity index (χ0n) is 17.9. The molecule has 32 heavy (non-hydrogen) atoms. The molecule has 0 bridgehead atoms. The Balaban J connectivity index is 2.18. The summed E-state index contributed by atoms with van der Waals surface area (Å²) in [5.74, 6) is -6.34. The molecule has 1 aliphatic rings. The van der Waals surface area contributed by atoms with Crippen molar-refractivity contribution >= 4 is 33.4 Å².